The van der Waals surface area contributed by atoms with E-state index in [4.69, 9.17) is 9.47 Å². The maximum absolute atomic E-state index is 12.5. The third-order valence-electron chi connectivity index (χ3n) is 6.49. The molecule has 1 unspecified atom stereocenters. The normalized spacial score (nSPS) is 15.4. The Bertz CT molecular complexity index is 1090. The number of aromatic nitrogens is 3. The van der Waals surface area contributed by atoms with Crippen LogP contribution in [0, 0.1) is 0 Å². The first-order chi connectivity index (χ1) is 21.3. The summed E-state index contributed by atoms with van der Waals surface area (Å²) in [7, 11) is 1.60. The summed E-state index contributed by atoms with van der Waals surface area (Å²) in [5, 5.41) is 12.8. The number of ether oxygens (including phenoxy) is 2. The number of ketones is 1. The maximum Gasteiger partial charge on any atom is 0.244 e. The summed E-state index contributed by atoms with van der Waals surface area (Å²) >= 11 is 5.08. The number of likely N-dealkylation sites (tertiary alicyclic amines) is 1. The lowest BCUT2D eigenvalue weighted by atomic mass is 10.1. The van der Waals surface area contributed by atoms with Gasteiger partial charge in [0.15, 0.2) is 0 Å². The highest BCUT2D eigenvalue weighted by Gasteiger charge is 2.39. The standard InChI is InChI=1S/C27H43N7O8S2/c1-28-24(37)5-2-10-33-17-20(30-32-33)6-7-25(38)29-9-13-42-15-14-41-12-3-4-22(36)8-11-34-26(39)16-23(27(34)40)44-31-21(18-35)19-43/h17-18,21,23,31,43H,2-16,19H2,1H3,(H,28,37)(H,29,38)/t21-,23?/m1/s1. The van der Waals surface area contributed by atoms with Crippen molar-refractivity contribution in [2.24, 2.45) is 0 Å². The summed E-state index contributed by atoms with van der Waals surface area (Å²) in [6.45, 7) is 2.41. The molecule has 44 heavy (non-hydrogen) atoms. The zero-order valence-electron chi connectivity index (χ0n) is 25.0. The summed E-state index contributed by atoms with van der Waals surface area (Å²) in [6.07, 6.45) is 5.20. The summed E-state index contributed by atoms with van der Waals surface area (Å²) in [6, 6.07) is -0.513. The Morgan fingerprint density at radius 3 is 2.57 bits per heavy atom. The molecule has 1 aliphatic rings. The molecule has 1 fully saturated rings. The van der Waals surface area contributed by atoms with Gasteiger partial charge in [0.1, 0.15) is 17.3 Å². The van der Waals surface area contributed by atoms with Crippen LogP contribution in [0.3, 0.4) is 0 Å². The van der Waals surface area contributed by atoms with Gasteiger partial charge in [-0.05, 0) is 12.8 Å². The number of aldehydes is 1. The first-order valence-electron chi connectivity index (χ1n) is 14.6. The number of hydrogen-bond donors (Lipinski definition) is 4. The number of aryl methyl sites for hydroxylation is 2. The van der Waals surface area contributed by atoms with E-state index in [0.29, 0.717) is 77.2 Å². The van der Waals surface area contributed by atoms with Gasteiger partial charge in [0.2, 0.25) is 23.6 Å². The van der Waals surface area contributed by atoms with Crippen LogP contribution in [0.4, 0.5) is 0 Å². The number of nitrogens with zero attached hydrogens (tertiary/aromatic N) is 4. The molecule has 1 aliphatic heterocycles. The first-order valence-corrected chi connectivity index (χ1v) is 16.1. The third kappa shape index (κ3) is 14.7. The van der Waals surface area contributed by atoms with Gasteiger partial charge in [-0.1, -0.05) is 17.2 Å². The zero-order valence-corrected chi connectivity index (χ0v) is 26.7. The van der Waals surface area contributed by atoms with E-state index < -0.39 is 11.3 Å². The molecular weight excluding hydrogens is 614 g/mol. The molecule has 2 atom stereocenters. The van der Waals surface area contributed by atoms with Crippen molar-refractivity contribution < 1.29 is 38.2 Å². The van der Waals surface area contributed by atoms with Gasteiger partial charge in [0.05, 0.1) is 31.6 Å². The Kier molecular flexibility index (Phi) is 18.5. The molecule has 1 aromatic rings. The smallest absolute Gasteiger partial charge is 0.244 e. The minimum atomic E-state index is -0.620. The lowest BCUT2D eigenvalue weighted by Crippen LogP contribution is -2.35. The number of rotatable bonds is 25. The van der Waals surface area contributed by atoms with Gasteiger partial charge in [0, 0.05) is 83.8 Å². The minimum absolute atomic E-state index is 0.0196. The molecule has 1 aromatic heterocycles. The van der Waals surface area contributed by atoms with Crippen LogP contribution in [-0.4, -0.2) is 119 Å². The average molecular weight is 658 g/mol. The molecule has 0 bridgehead atoms. The number of carbonyl (C=O) groups excluding carboxylic acids is 6. The molecule has 0 radical (unpaired) electrons. The highest BCUT2D eigenvalue weighted by Crippen LogP contribution is 2.24. The van der Waals surface area contributed by atoms with Crippen molar-refractivity contribution >= 4 is 60.3 Å². The monoisotopic (exact) mass is 657 g/mol. The molecule has 1 saturated heterocycles. The number of amides is 4. The SMILES string of the molecule is CNC(=O)CCCn1cc(CCC(=O)NCCOCCOCCCC(=O)CCN2C(=O)CC(SN[C@H](C=O)CS)C2=O)nn1. The molecule has 2 rings (SSSR count). The fourth-order valence-corrected chi connectivity index (χ4v) is 5.23. The number of thiol groups is 1. The fourth-order valence-electron chi connectivity index (χ4n) is 3.99. The average Bonchev–Trinajstić information content (AvgIpc) is 3.58. The predicted octanol–water partition coefficient (Wildman–Crippen LogP) is -0.512. The molecular formula is C27H43N7O8S2. The second kappa shape index (κ2) is 21.8. The van der Waals surface area contributed by atoms with Crippen LogP contribution in [0.25, 0.3) is 0 Å². The van der Waals surface area contributed by atoms with Crippen LogP contribution < -0.4 is 15.4 Å². The van der Waals surface area contributed by atoms with Crippen molar-refractivity contribution in [3.63, 3.8) is 0 Å². The van der Waals surface area contributed by atoms with Crippen LogP contribution in [-0.2, 0) is 51.2 Å². The van der Waals surface area contributed by atoms with Gasteiger partial charge in [0.25, 0.3) is 0 Å². The van der Waals surface area contributed by atoms with Crippen LogP contribution >= 0.6 is 24.6 Å². The number of nitrogens with one attached hydrogen (secondary N) is 3. The van der Waals surface area contributed by atoms with E-state index in [9.17, 15) is 28.8 Å². The molecule has 0 aromatic carbocycles. The number of carbonyl (C=O) groups is 6. The lowest BCUT2D eigenvalue weighted by Gasteiger charge is -2.15. The lowest BCUT2D eigenvalue weighted by molar-refractivity contribution is -0.138. The summed E-state index contributed by atoms with van der Waals surface area (Å²) in [5.41, 5.74) is 0.712. The Balaban J connectivity index is 1.42. The second-order valence-corrected chi connectivity index (χ2v) is 11.4. The van der Waals surface area contributed by atoms with Gasteiger partial charge in [-0.15, -0.1) is 5.10 Å². The fraction of sp³-hybridized carbons (Fsp3) is 0.704. The van der Waals surface area contributed by atoms with Crippen molar-refractivity contribution in [3.8, 4) is 0 Å². The van der Waals surface area contributed by atoms with Gasteiger partial charge < -0.3 is 24.9 Å². The molecule has 3 N–H and O–H groups in total. The third-order valence-corrected chi connectivity index (χ3v) is 7.97. The molecule has 0 saturated carbocycles. The highest BCUT2D eigenvalue weighted by atomic mass is 32.2. The number of Topliss-reactive ketones (excluding diaryl/α,β-unsaturated/α-hetero) is 1. The van der Waals surface area contributed by atoms with Gasteiger partial charge >= 0.3 is 0 Å². The van der Waals surface area contributed by atoms with E-state index in [1.807, 2.05) is 0 Å². The van der Waals surface area contributed by atoms with Crippen molar-refractivity contribution in [3.05, 3.63) is 11.9 Å². The Labute approximate surface area is 266 Å². The molecule has 0 spiro atoms. The Morgan fingerprint density at radius 1 is 1.07 bits per heavy atom. The topological polar surface area (TPSA) is 191 Å². The quantitative estimate of drug-likeness (QED) is 0.0347. The van der Waals surface area contributed by atoms with E-state index in [-0.39, 0.29) is 67.4 Å². The predicted molar refractivity (Wildman–Crippen MR) is 165 cm³/mol. The molecule has 246 valence electrons. The number of hydrogen-bond acceptors (Lipinski definition) is 13. The van der Waals surface area contributed by atoms with Crippen LogP contribution in [0.1, 0.15) is 50.6 Å². The number of imide groups is 1. The van der Waals surface area contributed by atoms with Crippen LogP contribution in [0.15, 0.2) is 6.20 Å². The maximum atomic E-state index is 12.5. The van der Waals surface area contributed by atoms with Gasteiger partial charge in [-0.2, -0.15) is 12.6 Å². The van der Waals surface area contributed by atoms with Crippen molar-refractivity contribution in [2.45, 2.75) is 69.2 Å². The van der Waals surface area contributed by atoms with Crippen LogP contribution in [0.5, 0.6) is 0 Å². The molecule has 4 amide bonds. The van der Waals surface area contributed by atoms with Gasteiger partial charge in [-0.25, -0.2) is 0 Å². The Morgan fingerprint density at radius 2 is 1.84 bits per heavy atom. The van der Waals surface area contributed by atoms with Crippen molar-refractivity contribution in [1.82, 2.24) is 35.2 Å². The molecule has 2 heterocycles. The van der Waals surface area contributed by atoms with Crippen molar-refractivity contribution in [2.75, 3.05) is 52.3 Å². The van der Waals surface area contributed by atoms with E-state index >= 15 is 0 Å². The van der Waals surface area contributed by atoms with Crippen molar-refractivity contribution in [1.29, 1.82) is 0 Å². The minimum Gasteiger partial charge on any atom is -0.379 e. The first kappa shape index (κ1) is 37.3. The zero-order chi connectivity index (χ0) is 32.2. The van der Waals surface area contributed by atoms with E-state index in [1.165, 1.54) is 0 Å². The van der Waals surface area contributed by atoms with Gasteiger partial charge in [-0.3, -0.25) is 38.3 Å². The summed E-state index contributed by atoms with van der Waals surface area (Å²) in [4.78, 5) is 72.1. The largest absolute Gasteiger partial charge is 0.379 e. The second-order valence-electron chi connectivity index (χ2n) is 9.95. The van der Waals surface area contributed by atoms with E-state index in [2.05, 4.69) is 38.3 Å². The highest BCUT2D eigenvalue weighted by molar-refractivity contribution is 7.98. The molecule has 15 nitrogen and oxygen atoms in total. The van der Waals surface area contributed by atoms with Crippen LogP contribution in [0.2, 0.25) is 0 Å². The van der Waals surface area contributed by atoms with E-state index in [1.54, 1.807) is 17.9 Å². The molecule has 17 heteroatoms. The summed E-state index contributed by atoms with van der Waals surface area (Å²) in [5.74, 6) is -0.606. The molecule has 0 aliphatic carbocycles. The Hall–Kier alpha value is -2.86. The van der Waals surface area contributed by atoms with E-state index in [0.717, 1.165) is 16.8 Å². The summed E-state index contributed by atoms with van der Waals surface area (Å²) < 4.78 is 15.4.